The Morgan fingerprint density at radius 3 is 2.38 bits per heavy atom. The molecule has 0 unspecified atom stereocenters. The van der Waals surface area contributed by atoms with Crippen molar-refractivity contribution < 1.29 is 18.3 Å². The second-order valence-corrected chi connectivity index (χ2v) is 3.51. The van der Waals surface area contributed by atoms with Crippen LogP contribution < -0.4 is 0 Å². The SMILES string of the molecule is OCCc1cc(F)c(F)c(F)c1I. The van der Waals surface area contributed by atoms with Crippen LogP contribution in [0.1, 0.15) is 5.56 Å². The van der Waals surface area contributed by atoms with Crippen molar-refractivity contribution in [2.24, 2.45) is 0 Å². The van der Waals surface area contributed by atoms with Crippen LogP contribution in [0.2, 0.25) is 0 Å². The lowest BCUT2D eigenvalue weighted by atomic mass is 10.1. The van der Waals surface area contributed by atoms with Crippen LogP contribution in [0.25, 0.3) is 0 Å². The minimum absolute atomic E-state index is 0.0190. The number of benzene rings is 1. The Morgan fingerprint density at radius 2 is 1.85 bits per heavy atom. The smallest absolute Gasteiger partial charge is 0.195 e. The van der Waals surface area contributed by atoms with E-state index in [1.807, 2.05) is 0 Å². The van der Waals surface area contributed by atoms with E-state index in [1.54, 1.807) is 22.6 Å². The van der Waals surface area contributed by atoms with E-state index < -0.39 is 17.5 Å². The molecule has 0 spiro atoms. The first-order chi connectivity index (χ1) is 6.07. The Bertz CT molecular complexity index is 328. The van der Waals surface area contributed by atoms with Crippen LogP contribution in [-0.2, 0) is 6.42 Å². The van der Waals surface area contributed by atoms with Crippen molar-refractivity contribution in [2.45, 2.75) is 6.42 Å². The topological polar surface area (TPSA) is 20.2 Å². The third kappa shape index (κ3) is 2.14. The fourth-order valence-corrected chi connectivity index (χ4v) is 1.59. The summed E-state index contributed by atoms with van der Waals surface area (Å²) in [6.45, 7) is -0.222. The monoisotopic (exact) mass is 302 g/mol. The summed E-state index contributed by atoms with van der Waals surface area (Å²) in [6, 6.07) is 0.899. The predicted molar refractivity (Wildman–Crippen MR) is 49.8 cm³/mol. The van der Waals surface area contributed by atoms with Gasteiger partial charge in [-0.1, -0.05) is 0 Å². The molecule has 0 fully saturated rings. The third-order valence-electron chi connectivity index (χ3n) is 1.56. The molecular weight excluding hydrogens is 296 g/mol. The molecule has 0 saturated carbocycles. The number of aliphatic hydroxyl groups is 1. The number of hydrogen-bond donors (Lipinski definition) is 1. The number of halogens is 4. The van der Waals surface area contributed by atoms with Gasteiger partial charge in [-0.05, 0) is 40.6 Å². The van der Waals surface area contributed by atoms with Crippen molar-refractivity contribution in [1.82, 2.24) is 0 Å². The van der Waals surface area contributed by atoms with Gasteiger partial charge >= 0.3 is 0 Å². The summed E-state index contributed by atoms with van der Waals surface area (Å²) >= 11 is 1.58. The van der Waals surface area contributed by atoms with E-state index in [-0.39, 0.29) is 22.2 Å². The first-order valence-electron chi connectivity index (χ1n) is 3.50. The maximum atomic E-state index is 12.9. The van der Waals surface area contributed by atoms with Gasteiger partial charge in [0, 0.05) is 6.61 Å². The molecule has 0 aliphatic rings. The number of aliphatic hydroxyl groups excluding tert-OH is 1. The van der Waals surface area contributed by atoms with Crippen molar-refractivity contribution in [3.63, 3.8) is 0 Å². The summed E-state index contributed by atoms with van der Waals surface area (Å²) in [4.78, 5) is 0. The second-order valence-electron chi connectivity index (χ2n) is 2.43. The minimum Gasteiger partial charge on any atom is -0.396 e. The molecule has 1 aromatic rings. The lowest BCUT2D eigenvalue weighted by molar-refractivity contribution is 0.298. The largest absolute Gasteiger partial charge is 0.396 e. The van der Waals surface area contributed by atoms with E-state index in [9.17, 15) is 13.2 Å². The van der Waals surface area contributed by atoms with Crippen LogP contribution in [0.15, 0.2) is 6.07 Å². The minimum atomic E-state index is -1.47. The van der Waals surface area contributed by atoms with E-state index in [4.69, 9.17) is 5.11 Å². The van der Waals surface area contributed by atoms with Crippen molar-refractivity contribution >= 4 is 22.6 Å². The Balaban J connectivity index is 3.24. The molecule has 5 heteroatoms. The molecule has 0 heterocycles. The molecule has 0 aromatic heterocycles. The maximum Gasteiger partial charge on any atom is 0.195 e. The van der Waals surface area contributed by atoms with E-state index in [0.717, 1.165) is 6.07 Å². The van der Waals surface area contributed by atoms with Gasteiger partial charge < -0.3 is 5.11 Å². The lowest BCUT2D eigenvalue weighted by Crippen LogP contribution is -2.02. The molecule has 0 saturated heterocycles. The maximum absolute atomic E-state index is 12.9. The van der Waals surface area contributed by atoms with Crippen LogP contribution in [0.5, 0.6) is 0 Å². The molecule has 1 nitrogen and oxygen atoms in total. The molecule has 0 radical (unpaired) electrons. The van der Waals surface area contributed by atoms with Crippen molar-refractivity contribution in [1.29, 1.82) is 0 Å². The average molecular weight is 302 g/mol. The molecule has 13 heavy (non-hydrogen) atoms. The zero-order valence-corrected chi connectivity index (χ0v) is 8.61. The van der Waals surface area contributed by atoms with Gasteiger partial charge in [-0.25, -0.2) is 13.2 Å². The Hall–Kier alpha value is -0.300. The fraction of sp³-hybridized carbons (Fsp3) is 0.250. The van der Waals surface area contributed by atoms with Crippen molar-refractivity contribution in [3.8, 4) is 0 Å². The lowest BCUT2D eigenvalue weighted by Gasteiger charge is -2.04. The van der Waals surface area contributed by atoms with Gasteiger partial charge in [-0.15, -0.1) is 0 Å². The first-order valence-corrected chi connectivity index (χ1v) is 4.58. The highest BCUT2D eigenvalue weighted by atomic mass is 127. The first kappa shape index (κ1) is 10.8. The molecular formula is C8H6F3IO. The van der Waals surface area contributed by atoms with Gasteiger partial charge in [0.2, 0.25) is 0 Å². The molecule has 72 valence electrons. The van der Waals surface area contributed by atoms with Gasteiger partial charge in [0.25, 0.3) is 0 Å². The van der Waals surface area contributed by atoms with Gasteiger partial charge in [0.05, 0.1) is 3.57 Å². The predicted octanol–water partition coefficient (Wildman–Crippen LogP) is 2.24. The summed E-state index contributed by atoms with van der Waals surface area (Å²) < 4.78 is 38.1. The third-order valence-corrected chi connectivity index (χ3v) is 2.73. The van der Waals surface area contributed by atoms with Gasteiger partial charge in [0.1, 0.15) is 0 Å². The molecule has 0 atom stereocenters. The zero-order valence-electron chi connectivity index (χ0n) is 6.45. The number of hydrogen-bond acceptors (Lipinski definition) is 1. The second kappa shape index (κ2) is 4.28. The zero-order chi connectivity index (χ0) is 10.0. The van der Waals surface area contributed by atoms with Crippen LogP contribution in [0, 0.1) is 21.0 Å². The van der Waals surface area contributed by atoms with E-state index in [1.165, 1.54) is 0 Å². The Morgan fingerprint density at radius 1 is 1.23 bits per heavy atom. The Kier molecular flexibility index (Phi) is 3.55. The summed E-state index contributed by atoms with van der Waals surface area (Å²) in [5.74, 6) is -3.88. The van der Waals surface area contributed by atoms with Crippen LogP contribution in [-0.4, -0.2) is 11.7 Å². The van der Waals surface area contributed by atoms with Gasteiger partial charge in [-0.2, -0.15) is 0 Å². The highest BCUT2D eigenvalue weighted by Crippen LogP contribution is 2.21. The highest BCUT2D eigenvalue weighted by Gasteiger charge is 2.15. The summed E-state index contributed by atoms with van der Waals surface area (Å²) in [7, 11) is 0. The van der Waals surface area contributed by atoms with E-state index in [2.05, 4.69) is 0 Å². The standard InChI is InChI=1S/C8H6F3IO/c9-5-3-4(1-2-13)8(12)7(11)6(5)10/h3,13H,1-2H2. The summed E-state index contributed by atoms with van der Waals surface area (Å²) in [5.41, 5.74) is 0.277. The summed E-state index contributed by atoms with van der Waals surface area (Å²) in [5, 5.41) is 8.55. The van der Waals surface area contributed by atoms with E-state index in [0.29, 0.717) is 0 Å². The van der Waals surface area contributed by atoms with Crippen LogP contribution >= 0.6 is 22.6 Å². The van der Waals surface area contributed by atoms with E-state index >= 15 is 0 Å². The quantitative estimate of drug-likeness (QED) is 0.505. The van der Waals surface area contributed by atoms with Gasteiger partial charge in [-0.3, -0.25) is 0 Å². The normalized spacial score (nSPS) is 10.5. The summed E-state index contributed by atoms with van der Waals surface area (Å²) in [6.07, 6.45) is 0.117. The molecule has 0 amide bonds. The highest BCUT2D eigenvalue weighted by molar-refractivity contribution is 14.1. The van der Waals surface area contributed by atoms with Crippen LogP contribution in [0.3, 0.4) is 0 Å². The molecule has 1 N–H and O–H groups in total. The fourth-order valence-electron chi connectivity index (χ4n) is 0.924. The van der Waals surface area contributed by atoms with Crippen molar-refractivity contribution in [2.75, 3.05) is 6.61 Å². The molecule has 0 aliphatic carbocycles. The Labute approximate surface area is 86.7 Å². The molecule has 1 rings (SSSR count). The van der Waals surface area contributed by atoms with Crippen molar-refractivity contribution in [3.05, 3.63) is 32.7 Å². The molecule has 0 aliphatic heterocycles. The van der Waals surface area contributed by atoms with Crippen LogP contribution in [0.4, 0.5) is 13.2 Å². The molecule has 1 aromatic carbocycles. The molecule has 0 bridgehead atoms. The average Bonchev–Trinajstić information content (AvgIpc) is 2.11. The van der Waals surface area contributed by atoms with Gasteiger partial charge in [0.15, 0.2) is 17.5 Å². The number of rotatable bonds is 2.